The number of nitrogens with one attached hydrogen (secondary N) is 2. The second kappa shape index (κ2) is 8.03. The number of nitrogens with zero attached hydrogens (tertiary/aromatic N) is 2. The molecule has 3 heterocycles. The van der Waals surface area contributed by atoms with Crippen molar-refractivity contribution in [3.63, 3.8) is 0 Å². The van der Waals surface area contributed by atoms with E-state index in [1.54, 1.807) is 30.2 Å². The van der Waals surface area contributed by atoms with Crippen molar-refractivity contribution in [2.75, 3.05) is 20.2 Å². The SMILES string of the molecule is COc1ccc2c(c1)C(=O)N(CCNC(=O)NC(=O)c1cc3c(Cl)nccc3o1)C2. The van der Waals surface area contributed by atoms with Crippen LogP contribution in [-0.2, 0) is 6.54 Å². The number of furan rings is 1. The van der Waals surface area contributed by atoms with E-state index >= 15 is 0 Å². The summed E-state index contributed by atoms with van der Waals surface area (Å²) in [6, 6.07) is 7.63. The molecule has 2 aromatic heterocycles. The molecule has 2 N–H and O–H groups in total. The van der Waals surface area contributed by atoms with Gasteiger partial charge >= 0.3 is 6.03 Å². The number of aromatic nitrogens is 1. The summed E-state index contributed by atoms with van der Waals surface area (Å²) in [5.41, 5.74) is 1.88. The van der Waals surface area contributed by atoms with Crippen LogP contribution in [0, 0.1) is 0 Å². The molecule has 10 heteroatoms. The van der Waals surface area contributed by atoms with Crippen molar-refractivity contribution in [3.8, 4) is 5.75 Å². The third-order valence-corrected chi connectivity index (χ3v) is 5.01. The Morgan fingerprint density at radius 3 is 2.90 bits per heavy atom. The van der Waals surface area contributed by atoms with Gasteiger partial charge in [-0.3, -0.25) is 14.9 Å². The van der Waals surface area contributed by atoms with E-state index in [4.69, 9.17) is 20.8 Å². The molecular weight excluding hydrogens is 412 g/mol. The standard InChI is InChI=1S/C20H17ClN4O5/c1-29-12-3-2-11-10-25(19(27)13(11)8-12)7-6-23-20(28)24-18(26)16-9-14-15(30-16)4-5-22-17(14)21/h2-5,8-9H,6-7,10H2,1H3,(H2,23,24,26,28). The van der Waals surface area contributed by atoms with E-state index in [0.717, 1.165) is 5.56 Å². The van der Waals surface area contributed by atoms with Crippen LogP contribution in [0.25, 0.3) is 11.0 Å². The quantitative estimate of drug-likeness (QED) is 0.604. The van der Waals surface area contributed by atoms with E-state index in [1.165, 1.54) is 12.3 Å². The maximum atomic E-state index is 12.5. The zero-order valence-electron chi connectivity index (χ0n) is 15.9. The summed E-state index contributed by atoms with van der Waals surface area (Å²) in [5, 5.41) is 5.42. The van der Waals surface area contributed by atoms with Crippen molar-refractivity contribution in [1.29, 1.82) is 0 Å². The van der Waals surface area contributed by atoms with E-state index in [0.29, 0.717) is 35.4 Å². The fourth-order valence-corrected chi connectivity index (χ4v) is 3.41. The molecule has 4 rings (SSSR count). The highest BCUT2D eigenvalue weighted by molar-refractivity contribution is 6.34. The number of benzene rings is 1. The van der Waals surface area contributed by atoms with Crippen molar-refractivity contribution >= 4 is 40.4 Å². The van der Waals surface area contributed by atoms with Gasteiger partial charge in [0, 0.05) is 37.5 Å². The van der Waals surface area contributed by atoms with Crippen LogP contribution in [0.4, 0.5) is 4.79 Å². The Balaban J connectivity index is 1.29. The summed E-state index contributed by atoms with van der Waals surface area (Å²) in [4.78, 5) is 42.2. The lowest BCUT2D eigenvalue weighted by atomic mass is 10.1. The summed E-state index contributed by atoms with van der Waals surface area (Å²) < 4.78 is 10.5. The molecule has 0 spiro atoms. The van der Waals surface area contributed by atoms with Gasteiger partial charge in [-0.2, -0.15) is 0 Å². The van der Waals surface area contributed by atoms with Gasteiger partial charge in [0.05, 0.1) is 12.5 Å². The van der Waals surface area contributed by atoms with Crippen LogP contribution < -0.4 is 15.4 Å². The molecule has 0 atom stereocenters. The normalized spacial score (nSPS) is 12.7. The molecule has 0 aliphatic carbocycles. The van der Waals surface area contributed by atoms with Crippen LogP contribution in [0.3, 0.4) is 0 Å². The van der Waals surface area contributed by atoms with E-state index in [9.17, 15) is 14.4 Å². The summed E-state index contributed by atoms with van der Waals surface area (Å²) in [6.07, 6.45) is 1.45. The predicted molar refractivity (Wildman–Crippen MR) is 108 cm³/mol. The topological polar surface area (TPSA) is 114 Å². The number of carbonyl (C=O) groups excluding carboxylic acids is 3. The number of pyridine rings is 1. The summed E-state index contributed by atoms with van der Waals surface area (Å²) >= 11 is 5.95. The van der Waals surface area contributed by atoms with Crippen LogP contribution >= 0.6 is 11.6 Å². The largest absolute Gasteiger partial charge is 0.497 e. The first kappa shape index (κ1) is 19.7. The molecule has 0 fully saturated rings. The van der Waals surface area contributed by atoms with Crippen LogP contribution in [0.15, 0.2) is 40.9 Å². The third kappa shape index (κ3) is 3.79. The molecule has 1 aliphatic rings. The highest BCUT2D eigenvalue weighted by Gasteiger charge is 2.27. The summed E-state index contributed by atoms with van der Waals surface area (Å²) in [7, 11) is 1.54. The first-order valence-electron chi connectivity index (χ1n) is 9.05. The minimum atomic E-state index is -0.712. The average molecular weight is 429 g/mol. The summed E-state index contributed by atoms with van der Waals surface area (Å²) in [6.45, 7) is 0.920. The van der Waals surface area contributed by atoms with Gasteiger partial charge in [0.15, 0.2) is 5.76 Å². The number of carbonyl (C=O) groups is 3. The molecule has 1 aliphatic heterocycles. The number of amides is 4. The molecule has 0 radical (unpaired) electrons. The van der Waals surface area contributed by atoms with E-state index in [2.05, 4.69) is 15.6 Å². The fraction of sp³-hybridized carbons (Fsp3) is 0.200. The number of fused-ring (bicyclic) bond motifs is 2. The number of hydrogen-bond acceptors (Lipinski definition) is 6. The average Bonchev–Trinajstić information content (AvgIpc) is 3.30. The van der Waals surface area contributed by atoms with Crippen LogP contribution in [0.1, 0.15) is 26.5 Å². The number of ether oxygens (including phenoxy) is 1. The third-order valence-electron chi connectivity index (χ3n) is 4.71. The van der Waals surface area contributed by atoms with Crippen molar-refractivity contribution in [2.24, 2.45) is 0 Å². The molecule has 4 amide bonds. The van der Waals surface area contributed by atoms with Gasteiger partial charge < -0.3 is 19.4 Å². The van der Waals surface area contributed by atoms with Crippen LogP contribution in [0.5, 0.6) is 5.75 Å². The minimum Gasteiger partial charge on any atom is -0.497 e. The molecule has 154 valence electrons. The Morgan fingerprint density at radius 1 is 1.30 bits per heavy atom. The zero-order chi connectivity index (χ0) is 21.3. The van der Waals surface area contributed by atoms with Crippen LogP contribution in [0.2, 0.25) is 5.15 Å². The van der Waals surface area contributed by atoms with Gasteiger partial charge in [-0.15, -0.1) is 0 Å². The maximum absolute atomic E-state index is 12.5. The highest BCUT2D eigenvalue weighted by atomic mass is 35.5. The van der Waals surface area contributed by atoms with Crippen LogP contribution in [-0.4, -0.2) is 47.9 Å². The first-order chi connectivity index (χ1) is 14.5. The van der Waals surface area contributed by atoms with Gasteiger partial charge in [0.25, 0.3) is 11.8 Å². The molecule has 0 bridgehead atoms. The second-order valence-electron chi connectivity index (χ2n) is 6.58. The van der Waals surface area contributed by atoms with Gasteiger partial charge in [-0.05, 0) is 23.8 Å². The first-order valence-corrected chi connectivity index (χ1v) is 9.43. The summed E-state index contributed by atoms with van der Waals surface area (Å²) in [5.74, 6) is -0.289. The molecule has 0 saturated heterocycles. The van der Waals surface area contributed by atoms with E-state index in [-0.39, 0.29) is 23.4 Å². The van der Waals surface area contributed by atoms with Gasteiger partial charge in [-0.1, -0.05) is 17.7 Å². The maximum Gasteiger partial charge on any atom is 0.321 e. The smallest absolute Gasteiger partial charge is 0.321 e. The zero-order valence-corrected chi connectivity index (χ0v) is 16.7. The Bertz CT molecular complexity index is 1160. The molecule has 9 nitrogen and oxygen atoms in total. The molecule has 1 aromatic carbocycles. The lowest BCUT2D eigenvalue weighted by Crippen LogP contribution is -2.42. The number of urea groups is 1. The highest BCUT2D eigenvalue weighted by Crippen LogP contribution is 2.26. The Hall–Kier alpha value is -3.59. The monoisotopic (exact) mass is 428 g/mol. The van der Waals surface area contributed by atoms with E-state index in [1.807, 2.05) is 6.07 Å². The van der Waals surface area contributed by atoms with Crippen molar-refractivity contribution in [1.82, 2.24) is 20.5 Å². The Kier molecular flexibility index (Phi) is 5.28. The lowest BCUT2D eigenvalue weighted by Gasteiger charge is -2.15. The molecule has 30 heavy (non-hydrogen) atoms. The Labute approximate surface area is 175 Å². The van der Waals surface area contributed by atoms with Gasteiger partial charge in [0.2, 0.25) is 0 Å². The van der Waals surface area contributed by atoms with Gasteiger partial charge in [0.1, 0.15) is 16.5 Å². The second-order valence-corrected chi connectivity index (χ2v) is 6.94. The molecule has 0 unspecified atom stereocenters. The molecular formula is C20H17ClN4O5. The lowest BCUT2D eigenvalue weighted by molar-refractivity contribution is 0.0778. The number of imide groups is 1. The Morgan fingerprint density at radius 2 is 2.13 bits per heavy atom. The van der Waals surface area contributed by atoms with Gasteiger partial charge in [-0.25, -0.2) is 9.78 Å². The van der Waals surface area contributed by atoms with Crippen molar-refractivity contribution in [3.05, 3.63) is 58.6 Å². The van der Waals surface area contributed by atoms with Crippen molar-refractivity contribution < 1.29 is 23.5 Å². The number of rotatable bonds is 5. The fourth-order valence-electron chi connectivity index (χ4n) is 3.20. The number of halogens is 1. The molecule has 3 aromatic rings. The van der Waals surface area contributed by atoms with Crippen molar-refractivity contribution in [2.45, 2.75) is 6.54 Å². The number of methoxy groups -OCH3 is 1. The molecule has 0 saturated carbocycles. The van der Waals surface area contributed by atoms with E-state index < -0.39 is 11.9 Å². The predicted octanol–water partition coefficient (Wildman–Crippen LogP) is 2.59. The minimum absolute atomic E-state index is 0.0610. The number of hydrogen-bond donors (Lipinski definition) is 2.